The Balaban J connectivity index is 4.39. The Hall–Kier alpha value is -0.940. The molecule has 0 aromatic heterocycles. The van der Waals surface area contributed by atoms with Gasteiger partial charge in [0.15, 0.2) is 0 Å². The highest BCUT2D eigenvalue weighted by Gasteiger charge is 2.09. The molecule has 0 aliphatic heterocycles. The van der Waals surface area contributed by atoms with Crippen LogP contribution in [0.2, 0.25) is 0 Å². The first-order chi connectivity index (χ1) is 5.13. The summed E-state index contributed by atoms with van der Waals surface area (Å²) in [5.74, 6) is -0.947. The molecule has 0 heterocycles. The Morgan fingerprint density at radius 2 is 2.36 bits per heavy atom. The van der Waals surface area contributed by atoms with Crippen molar-refractivity contribution in [2.75, 3.05) is 7.11 Å². The molecular formula is C6H9NO3S. The number of nitrogens with two attached hydrogens (primary N) is 1. The fraction of sp³-hybridized carbons (Fsp3) is 0.167. The van der Waals surface area contributed by atoms with Crippen molar-refractivity contribution in [2.24, 2.45) is 5.14 Å². The number of ether oxygens (including phenoxy) is 1. The number of hydrogen-bond acceptors (Lipinski definition) is 4. The van der Waals surface area contributed by atoms with Crippen molar-refractivity contribution in [1.82, 2.24) is 0 Å². The fourth-order valence-electron chi connectivity index (χ4n) is 0.410. The molecule has 0 bridgehead atoms. The normalized spacial score (nSPS) is 10.9. The zero-order chi connectivity index (χ0) is 8.85. The summed E-state index contributed by atoms with van der Waals surface area (Å²) in [6, 6.07) is 0. The Labute approximate surface area is 68.9 Å². The van der Waals surface area contributed by atoms with Gasteiger partial charge in [0.2, 0.25) is 0 Å². The van der Waals surface area contributed by atoms with E-state index in [1.54, 1.807) is 0 Å². The van der Waals surface area contributed by atoms with Gasteiger partial charge in [0, 0.05) is 5.41 Å². The van der Waals surface area contributed by atoms with Gasteiger partial charge in [0.05, 0.1) is 12.7 Å². The molecule has 0 aromatic carbocycles. The van der Waals surface area contributed by atoms with Crippen LogP contribution in [0.15, 0.2) is 23.3 Å². The molecule has 0 spiro atoms. The highest BCUT2D eigenvalue weighted by molar-refractivity contribution is 8.00. The quantitative estimate of drug-likeness (QED) is 0.285. The summed E-state index contributed by atoms with van der Waals surface area (Å²) in [6.07, 6.45) is 0. The fourth-order valence-corrected chi connectivity index (χ4v) is 0.772. The van der Waals surface area contributed by atoms with E-state index in [1.807, 2.05) is 0 Å². The van der Waals surface area contributed by atoms with Crippen molar-refractivity contribution >= 4 is 17.9 Å². The van der Waals surface area contributed by atoms with E-state index in [0.29, 0.717) is 0 Å². The summed E-state index contributed by atoms with van der Waals surface area (Å²) in [5, 5.41) is 14.9. The molecule has 5 heteroatoms. The summed E-state index contributed by atoms with van der Waals surface area (Å²) >= 11 is 0.869. The van der Waals surface area contributed by atoms with E-state index in [2.05, 4.69) is 6.58 Å². The Kier molecular flexibility index (Phi) is 4.40. The summed E-state index contributed by atoms with van der Waals surface area (Å²) in [6.45, 7) is 3.28. The lowest BCUT2D eigenvalue weighted by Gasteiger charge is -2.03. The number of rotatable bonds is 4. The molecule has 0 saturated carbocycles. The van der Waals surface area contributed by atoms with Gasteiger partial charge in [0.25, 0.3) is 0 Å². The topological polar surface area (TPSA) is 72.5 Å². The van der Waals surface area contributed by atoms with Crippen molar-refractivity contribution in [3.63, 3.8) is 0 Å². The zero-order valence-corrected chi connectivity index (χ0v) is 6.85. The molecule has 0 radical (unpaired) electrons. The van der Waals surface area contributed by atoms with Crippen molar-refractivity contribution in [3.05, 3.63) is 23.3 Å². The van der Waals surface area contributed by atoms with E-state index in [-0.39, 0.29) is 11.3 Å². The van der Waals surface area contributed by atoms with Gasteiger partial charge >= 0.3 is 5.97 Å². The molecule has 62 valence electrons. The molecule has 0 atom stereocenters. The van der Waals surface area contributed by atoms with Crippen LogP contribution >= 0.6 is 11.9 Å². The first-order valence-electron chi connectivity index (χ1n) is 2.65. The third-order valence-electron chi connectivity index (χ3n) is 0.951. The number of hydrogen-bond donors (Lipinski definition) is 2. The molecule has 0 unspecified atom stereocenters. The number of methoxy groups -OCH3 is 1. The van der Waals surface area contributed by atoms with Gasteiger partial charge in [-0.25, -0.2) is 4.79 Å². The molecule has 0 rings (SSSR count). The second-order valence-corrected chi connectivity index (χ2v) is 2.11. The largest absolute Gasteiger partial charge is 0.495 e. The minimum atomic E-state index is -1.12. The van der Waals surface area contributed by atoms with Crippen LogP contribution in [0.3, 0.4) is 0 Å². The smallest absolute Gasteiger partial charge is 0.338 e. The minimum Gasteiger partial charge on any atom is -0.495 e. The lowest BCUT2D eigenvalue weighted by atomic mass is 10.3. The molecular weight excluding hydrogens is 166 g/mol. The first kappa shape index (κ1) is 10.1. The van der Waals surface area contributed by atoms with E-state index in [0.717, 1.165) is 11.9 Å². The number of aliphatic carboxylic acids is 1. The summed E-state index contributed by atoms with van der Waals surface area (Å²) < 4.78 is 4.69. The van der Waals surface area contributed by atoms with Crippen LogP contribution < -0.4 is 5.14 Å². The van der Waals surface area contributed by atoms with Gasteiger partial charge in [-0.3, -0.25) is 5.14 Å². The second kappa shape index (κ2) is 4.81. The maximum Gasteiger partial charge on any atom is 0.338 e. The van der Waals surface area contributed by atoms with Crippen molar-refractivity contribution in [3.8, 4) is 0 Å². The van der Waals surface area contributed by atoms with Crippen LogP contribution in [0.1, 0.15) is 0 Å². The van der Waals surface area contributed by atoms with Crippen LogP contribution in [-0.4, -0.2) is 18.2 Å². The second-order valence-electron chi connectivity index (χ2n) is 1.61. The van der Waals surface area contributed by atoms with Crippen LogP contribution in [0.25, 0.3) is 0 Å². The number of carboxylic acid groups (broad SMARTS) is 1. The number of carbonyl (C=O) groups is 1. The third-order valence-corrected chi connectivity index (χ3v) is 1.30. The van der Waals surface area contributed by atoms with Gasteiger partial charge in [-0.05, 0) is 0 Å². The molecule has 11 heavy (non-hydrogen) atoms. The van der Waals surface area contributed by atoms with Crippen molar-refractivity contribution in [1.29, 1.82) is 0 Å². The molecule has 0 aromatic rings. The summed E-state index contributed by atoms with van der Waals surface area (Å²) in [4.78, 5) is 10.3. The summed E-state index contributed by atoms with van der Waals surface area (Å²) in [7, 11) is 1.36. The standard InChI is InChI=1S/C6H9NO3S/c1-4(6(8)9)5(10-2)3-11-7/h3H,1,7H2,2H3,(H,8,9)/b5-3+. The maximum absolute atomic E-state index is 10.3. The van der Waals surface area contributed by atoms with E-state index >= 15 is 0 Å². The van der Waals surface area contributed by atoms with Crippen LogP contribution in [0, 0.1) is 0 Å². The average molecular weight is 175 g/mol. The summed E-state index contributed by atoms with van der Waals surface area (Å²) in [5.41, 5.74) is -0.106. The molecule has 0 aliphatic carbocycles. The van der Waals surface area contributed by atoms with Gasteiger partial charge in [0.1, 0.15) is 5.76 Å². The van der Waals surface area contributed by atoms with Gasteiger partial charge < -0.3 is 9.84 Å². The Morgan fingerprint density at radius 3 is 2.64 bits per heavy atom. The molecule has 0 saturated heterocycles. The predicted octanol–water partition coefficient (Wildman–Crippen LogP) is 0.722. The lowest BCUT2D eigenvalue weighted by molar-refractivity contribution is -0.132. The van der Waals surface area contributed by atoms with Crippen LogP contribution in [0.4, 0.5) is 0 Å². The van der Waals surface area contributed by atoms with E-state index in [1.165, 1.54) is 12.5 Å². The van der Waals surface area contributed by atoms with Gasteiger partial charge in [-0.1, -0.05) is 18.5 Å². The van der Waals surface area contributed by atoms with Gasteiger partial charge in [-0.2, -0.15) is 0 Å². The van der Waals surface area contributed by atoms with E-state index in [9.17, 15) is 4.79 Å². The molecule has 3 N–H and O–H groups in total. The number of carboxylic acids is 1. The highest BCUT2D eigenvalue weighted by Crippen LogP contribution is 2.11. The predicted molar refractivity (Wildman–Crippen MR) is 43.6 cm³/mol. The third kappa shape index (κ3) is 3.10. The van der Waals surface area contributed by atoms with E-state index in [4.69, 9.17) is 15.0 Å². The van der Waals surface area contributed by atoms with Crippen molar-refractivity contribution in [2.45, 2.75) is 0 Å². The Bertz CT molecular complexity index is 200. The SMILES string of the molecule is C=C(C(=O)O)/C(=C\SN)OC. The van der Waals surface area contributed by atoms with Gasteiger partial charge in [-0.15, -0.1) is 0 Å². The highest BCUT2D eigenvalue weighted by atomic mass is 32.2. The maximum atomic E-state index is 10.3. The zero-order valence-electron chi connectivity index (χ0n) is 6.03. The molecule has 0 amide bonds. The Morgan fingerprint density at radius 1 is 1.82 bits per heavy atom. The minimum absolute atomic E-state index is 0.106. The van der Waals surface area contributed by atoms with Crippen molar-refractivity contribution < 1.29 is 14.6 Å². The first-order valence-corrected chi connectivity index (χ1v) is 3.60. The molecule has 0 aliphatic rings. The van der Waals surface area contributed by atoms with Crippen LogP contribution in [0.5, 0.6) is 0 Å². The monoisotopic (exact) mass is 175 g/mol. The molecule has 4 nitrogen and oxygen atoms in total. The van der Waals surface area contributed by atoms with E-state index < -0.39 is 5.97 Å². The average Bonchev–Trinajstić information content (AvgIpc) is 1.98. The van der Waals surface area contributed by atoms with Crippen LogP contribution in [-0.2, 0) is 9.53 Å². The lowest BCUT2D eigenvalue weighted by Crippen LogP contribution is -2.03. The molecule has 0 fully saturated rings.